The number of aromatic nitrogens is 1. The van der Waals surface area contributed by atoms with Crippen molar-refractivity contribution in [3.05, 3.63) is 53.6 Å². The normalized spacial score (nSPS) is 11.0. The summed E-state index contributed by atoms with van der Waals surface area (Å²) in [6.45, 7) is 6.30. The number of anilines is 2. The first kappa shape index (κ1) is 15.5. The van der Waals surface area contributed by atoms with Gasteiger partial charge < -0.3 is 5.32 Å². The third kappa shape index (κ3) is 3.51. The predicted octanol–water partition coefficient (Wildman–Crippen LogP) is 5.37. The Morgan fingerprint density at radius 3 is 2.48 bits per heavy atom. The van der Waals surface area contributed by atoms with Gasteiger partial charge in [-0.25, -0.2) is 9.78 Å². The molecule has 2 aromatic carbocycles. The second-order valence-corrected chi connectivity index (χ2v) is 6.83. The largest absolute Gasteiger partial charge is 0.325 e. The summed E-state index contributed by atoms with van der Waals surface area (Å²) in [4.78, 5) is 16.6. The fraction of sp³-hybridized carbons (Fsp3) is 0.222. The molecule has 23 heavy (non-hydrogen) atoms. The first-order chi connectivity index (χ1) is 11.0. The summed E-state index contributed by atoms with van der Waals surface area (Å²) in [6.07, 6.45) is 0. The quantitative estimate of drug-likeness (QED) is 0.680. The average molecular weight is 325 g/mol. The SMILES string of the molecule is Cc1cccc2sc(NC(=O)Nc3ccc(C(C)C)cc3)nc12. The molecule has 3 aromatic rings. The summed E-state index contributed by atoms with van der Waals surface area (Å²) in [5.74, 6) is 0.476. The minimum absolute atomic E-state index is 0.279. The molecule has 0 aliphatic heterocycles. The van der Waals surface area contributed by atoms with Crippen LogP contribution in [0.3, 0.4) is 0 Å². The second-order valence-electron chi connectivity index (χ2n) is 5.80. The van der Waals surface area contributed by atoms with Gasteiger partial charge in [0, 0.05) is 5.69 Å². The molecule has 0 aliphatic carbocycles. The lowest BCUT2D eigenvalue weighted by atomic mass is 10.0. The van der Waals surface area contributed by atoms with E-state index in [2.05, 4.69) is 29.5 Å². The van der Waals surface area contributed by atoms with Crippen LogP contribution in [0.1, 0.15) is 30.9 Å². The van der Waals surface area contributed by atoms with Gasteiger partial charge in [-0.05, 0) is 42.2 Å². The summed E-state index contributed by atoms with van der Waals surface area (Å²) < 4.78 is 1.07. The number of fused-ring (bicyclic) bond motifs is 1. The van der Waals surface area contributed by atoms with Crippen LogP contribution in [0.15, 0.2) is 42.5 Å². The van der Waals surface area contributed by atoms with Gasteiger partial charge in [-0.1, -0.05) is 49.4 Å². The fourth-order valence-corrected chi connectivity index (χ4v) is 3.29. The van der Waals surface area contributed by atoms with Crippen molar-refractivity contribution in [2.75, 3.05) is 10.6 Å². The molecule has 0 fully saturated rings. The van der Waals surface area contributed by atoms with Crippen LogP contribution in [0.5, 0.6) is 0 Å². The molecular weight excluding hydrogens is 306 g/mol. The van der Waals surface area contributed by atoms with E-state index in [0.29, 0.717) is 11.0 Å². The van der Waals surface area contributed by atoms with Crippen molar-refractivity contribution < 1.29 is 4.79 Å². The molecule has 1 heterocycles. The second kappa shape index (κ2) is 6.38. The molecule has 1 aromatic heterocycles. The lowest BCUT2D eigenvalue weighted by Gasteiger charge is -2.08. The van der Waals surface area contributed by atoms with Gasteiger partial charge in [-0.3, -0.25) is 5.32 Å². The molecule has 4 nitrogen and oxygen atoms in total. The van der Waals surface area contributed by atoms with Crippen LogP contribution in [-0.4, -0.2) is 11.0 Å². The number of aryl methyl sites for hydroxylation is 1. The third-order valence-electron chi connectivity index (χ3n) is 3.68. The lowest BCUT2D eigenvalue weighted by Crippen LogP contribution is -2.19. The van der Waals surface area contributed by atoms with Gasteiger partial charge in [0.2, 0.25) is 0 Å². The number of nitrogens with one attached hydrogen (secondary N) is 2. The van der Waals surface area contributed by atoms with E-state index < -0.39 is 0 Å². The molecule has 0 saturated carbocycles. The number of nitrogens with zero attached hydrogens (tertiary/aromatic N) is 1. The van der Waals surface area contributed by atoms with E-state index in [1.807, 2.05) is 49.4 Å². The van der Waals surface area contributed by atoms with Crippen LogP contribution >= 0.6 is 11.3 Å². The van der Waals surface area contributed by atoms with Crippen molar-refractivity contribution in [3.63, 3.8) is 0 Å². The number of urea groups is 1. The number of hydrogen-bond donors (Lipinski definition) is 2. The Hall–Kier alpha value is -2.40. The molecule has 5 heteroatoms. The maximum Gasteiger partial charge on any atom is 0.325 e. The van der Waals surface area contributed by atoms with Crippen LogP contribution in [0, 0.1) is 6.92 Å². The Kier molecular flexibility index (Phi) is 4.30. The van der Waals surface area contributed by atoms with E-state index >= 15 is 0 Å². The number of benzene rings is 2. The minimum Gasteiger partial charge on any atom is -0.308 e. The Morgan fingerprint density at radius 2 is 1.83 bits per heavy atom. The number of thiazole rings is 1. The summed E-state index contributed by atoms with van der Waals surface area (Å²) in [7, 11) is 0. The zero-order valence-electron chi connectivity index (χ0n) is 13.4. The summed E-state index contributed by atoms with van der Waals surface area (Å²) >= 11 is 1.47. The topological polar surface area (TPSA) is 54.0 Å². The lowest BCUT2D eigenvalue weighted by molar-refractivity contribution is 0.262. The highest BCUT2D eigenvalue weighted by Gasteiger charge is 2.09. The Labute approximate surface area is 139 Å². The number of carbonyl (C=O) groups is 1. The first-order valence-corrected chi connectivity index (χ1v) is 8.38. The van der Waals surface area contributed by atoms with E-state index in [4.69, 9.17) is 0 Å². The van der Waals surface area contributed by atoms with Crippen LogP contribution < -0.4 is 10.6 Å². The Balaban J connectivity index is 1.69. The van der Waals surface area contributed by atoms with Gasteiger partial charge in [-0.15, -0.1) is 0 Å². The molecule has 0 spiro atoms. The molecule has 2 amide bonds. The van der Waals surface area contributed by atoms with E-state index in [9.17, 15) is 4.79 Å². The van der Waals surface area contributed by atoms with Crippen molar-refractivity contribution in [2.45, 2.75) is 26.7 Å². The standard InChI is InChI=1S/C18H19N3OS/c1-11(2)13-7-9-14(10-8-13)19-17(22)21-18-20-16-12(3)5-4-6-15(16)23-18/h4-11H,1-3H3,(H2,19,20,21,22). The third-order valence-corrected chi connectivity index (χ3v) is 4.61. The van der Waals surface area contributed by atoms with Gasteiger partial charge in [-0.2, -0.15) is 0 Å². The highest BCUT2D eigenvalue weighted by molar-refractivity contribution is 7.22. The molecule has 0 bridgehead atoms. The molecule has 0 unspecified atom stereocenters. The molecular formula is C18H19N3OS. The smallest absolute Gasteiger partial charge is 0.308 e. The molecule has 118 valence electrons. The predicted molar refractivity (Wildman–Crippen MR) is 97.5 cm³/mol. The first-order valence-electron chi connectivity index (χ1n) is 7.57. The maximum absolute atomic E-state index is 12.1. The zero-order valence-corrected chi connectivity index (χ0v) is 14.2. The highest BCUT2D eigenvalue weighted by Crippen LogP contribution is 2.28. The van der Waals surface area contributed by atoms with Gasteiger partial charge >= 0.3 is 6.03 Å². The van der Waals surface area contributed by atoms with Crippen LogP contribution in [0.2, 0.25) is 0 Å². The Morgan fingerprint density at radius 1 is 1.09 bits per heavy atom. The van der Waals surface area contributed by atoms with Gasteiger partial charge in [0.15, 0.2) is 5.13 Å². The van der Waals surface area contributed by atoms with Crippen molar-refractivity contribution >= 4 is 38.4 Å². The molecule has 3 rings (SSSR count). The summed E-state index contributed by atoms with van der Waals surface area (Å²) in [5.41, 5.74) is 4.06. The van der Waals surface area contributed by atoms with E-state index in [0.717, 1.165) is 21.5 Å². The van der Waals surface area contributed by atoms with E-state index in [1.165, 1.54) is 16.9 Å². The van der Waals surface area contributed by atoms with Crippen molar-refractivity contribution in [3.8, 4) is 0 Å². The Bertz CT molecular complexity index is 837. The van der Waals surface area contributed by atoms with Crippen molar-refractivity contribution in [2.24, 2.45) is 0 Å². The van der Waals surface area contributed by atoms with E-state index in [1.54, 1.807) is 0 Å². The van der Waals surface area contributed by atoms with Crippen molar-refractivity contribution in [1.82, 2.24) is 4.98 Å². The summed E-state index contributed by atoms with van der Waals surface area (Å²) in [6, 6.07) is 13.6. The van der Waals surface area contributed by atoms with Gasteiger partial charge in [0.25, 0.3) is 0 Å². The van der Waals surface area contributed by atoms with Crippen molar-refractivity contribution in [1.29, 1.82) is 0 Å². The number of carbonyl (C=O) groups excluding carboxylic acids is 1. The maximum atomic E-state index is 12.1. The van der Waals surface area contributed by atoms with Gasteiger partial charge in [0.1, 0.15) is 0 Å². The van der Waals surface area contributed by atoms with Crippen LogP contribution in [0.25, 0.3) is 10.2 Å². The van der Waals surface area contributed by atoms with Crippen LogP contribution in [-0.2, 0) is 0 Å². The molecule has 2 N–H and O–H groups in total. The van der Waals surface area contributed by atoms with Gasteiger partial charge in [0.05, 0.1) is 10.2 Å². The monoisotopic (exact) mass is 325 g/mol. The summed E-state index contributed by atoms with van der Waals surface area (Å²) in [5, 5.41) is 6.24. The fourth-order valence-electron chi connectivity index (χ4n) is 2.35. The number of amides is 2. The van der Waals surface area contributed by atoms with E-state index in [-0.39, 0.29) is 6.03 Å². The minimum atomic E-state index is -0.279. The van der Waals surface area contributed by atoms with Crippen LogP contribution in [0.4, 0.5) is 15.6 Å². The number of para-hydroxylation sites is 1. The highest BCUT2D eigenvalue weighted by atomic mass is 32.1. The number of rotatable bonds is 3. The molecule has 0 radical (unpaired) electrons. The molecule has 0 saturated heterocycles. The average Bonchev–Trinajstić information content (AvgIpc) is 2.91. The number of hydrogen-bond acceptors (Lipinski definition) is 3. The molecule has 0 aliphatic rings. The zero-order chi connectivity index (χ0) is 16.4. The molecule has 0 atom stereocenters.